The number of nitrogens with one attached hydrogen (secondary N) is 1. The Kier molecular flexibility index (Phi) is 10.5. The number of carbonyl (C=O) groups is 2. The normalized spacial score (nSPS) is 12.5. The van der Waals surface area contributed by atoms with Gasteiger partial charge in [0.15, 0.2) is 6.61 Å². The minimum absolute atomic E-state index is 0.0443. The zero-order valence-corrected chi connectivity index (χ0v) is 22.5. The van der Waals surface area contributed by atoms with Gasteiger partial charge in [-0.05, 0) is 48.7 Å². The van der Waals surface area contributed by atoms with Gasteiger partial charge in [-0.2, -0.15) is 0 Å². The van der Waals surface area contributed by atoms with Crippen molar-refractivity contribution in [1.82, 2.24) is 10.2 Å². The molecule has 0 aliphatic carbocycles. The van der Waals surface area contributed by atoms with E-state index >= 15 is 0 Å². The van der Waals surface area contributed by atoms with Gasteiger partial charge in [-0.25, -0.2) is 0 Å². The van der Waals surface area contributed by atoms with Crippen LogP contribution in [0.1, 0.15) is 31.4 Å². The number of rotatable bonds is 11. The number of hydrogen-bond donors (Lipinski definition) is 1. The number of benzene rings is 3. The molecule has 3 rings (SSSR count). The van der Waals surface area contributed by atoms with Crippen molar-refractivity contribution in [2.75, 3.05) is 6.61 Å². The first-order valence-electron chi connectivity index (χ1n) is 11.7. The smallest absolute Gasteiger partial charge is 0.261 e. The van der Waals surface area contributed by atoms with Crippen molar-refractivity contribution in [1.29, 1.82) is 0 Å². The van der Waals surface area contributed by atoms with Crippen molar-refractivity contribution in [3.05, 3.63) is 99.0 Å². The van der Waals surface area contributed by atoms with Crippen LogP contribution in [0.5, 0.6) is 5.75 Å². The van der Waals surface area contributed by atoms with E-state index in [1.807, 2.05) is 62.4 Å². The van der Waals surface area contributed by atoms with E-state index in [1.54, 1.807) is 24.3 Å². The van der Waals surface area contributed by atoms with Crippen molar-refractivity contribution < 1.29 is 14.3 Å². The molecular formula is C28H29Cl3N2O3. The zero-order valence-electron chi connectivity index (χ0n) is 20.2. The maximum absolute atomic E-state index is 13.6. The molecule has 0 saturated carbocycles. The number of ether oxygens (including phenoxy) is 1. The average Bonchev–Trinajstić information content (AvgIpc) is 2.87. The molecule has 0 aromatic heterocycles. The van der Waals surface area contributed by atoms with Crippen LogP contribution in [0.25, 0.3) is 0 Å². The van der Waals surface area contributed by atoms with Crippen LogP contribution in [0.4, 0.5) is 0 Å². The molecule has 190 valence electrons. The molecule has 0 heterocycles. The van der Waals surface area contributed by atoms with Crippen molar-refractivity contribution in [3.8, 4) is 5.75 Å². The first-order chi connectivity index (χ1) is 17.3. The summed E-state index contributed by atoms with van der Waals surface area (Å²) < 4.78 is 5.74. The van der Waals surface area contributed by atoms with Crippen LogP contribution in [0.15, 0.2) is 72.8 Å². The molecule has 0 saturated heterocycles. The van der Waals surface area contributed by atoms with E-state index < -0.39 is 6.04 Å². The summed E-state index contributed by atoms with van der Waals surface area (Å²) in [5.41, 5.74) is 1.66. The SMILES string of the molecule is CC[C@H](C)NC(=O)[C@H](Cc1ccccc1)N(Cc1ccccc1Cl)C(=O)COc1ccc(Cl)cc1Cl. The van der Waals surface area contributed by atoms with Crippen molar-refractivity contribution in [2.24, 2.45) is 0 Å². The van der Waals surface area contributed by atoms with Crippen LogP contribution in [-0.2, 0) is 22.6 Å². The molecule has 2 atom stereocenters. The summed E-state index contributed by atoms with van der Waals surface area (Å²) in [5, 5.41) is 4.30. The maximum Gasteiger partial charge on any atom is 0.261 e. The second-order valence-electron chi connectivity index (χ2n) is 8.50. The van der Waals surface area contributed by atoms with E-state index in [1.165, 1.54) is 4.90 Å². The predicted octanol–water partition coefficient (Wildman–Crippen LogP) is 6.58. The van der Waals surface area contributed by atoms with Crippen LogP contribution in [-0.4, -0.2) is 35.4 Å². The van der Waals surface area contributed by atoms with E-state index in [0.29, 0.717) is 27.2 Å². The molecule has 36 heavy (non-hydrogen) atoms. The highest BCUT2D eigenvalue weighted by atomic mass is 35.5. The highest BCUT2D eigenvalue weighted by Crippen LogP contribution is 2.28. The third-order valence-electron chi connectivity index (χ3n) is 5.82. The van der Waals surface area contributed by atoms with Crippen LogP contribution in [0.3, 0.4) is 0 Å². The molecule has 0 unspecified atom stereocenters. The fraction of sp³-hybridized carbons (Fsp3) is 0.286. The number of nitrogens with zero attached hydrogens (tertiary/aromatic N) is 1. The molecule has 8 heteroatoms. The van der Waals surface area contributed by atoms with Crippen LogP contribution in [0, 0.1) is 0 Å². The van der Waals surface area contributed by atoms with E-state index in [9.17, 15) is 9.59 Å². The molecular weight excluding hydrogens is 519 g/mol. The summed E-state index contributed by atoms with van der Waals surface area (Å²) >= 11 is 18.6. The molecule has 1 N–H and O–H groups in total. The minimum Gasteiger partial charge on any atom is -0.482 e. The molecule has 0 fully saturated rings. The van der Waals surface area contributed by atoms with E-state index in [-0.39, 0.29) is 31.0 Å². The van der Waals surface area contributed by atoms with Crippen molar-refractivity contribution in [3.63, 3.8) is 0 Å². The fourth-order valence-corrected chi connectivity index (χ4v) is 4.28. The molecule has 0 radical (unpaired) electrons. The largest absolute Gasteiger partial charge is 0.482 e. The molecule has 2 amide bonds. The van der Waals surface area contributed by atoms with Gasteiger partial charge in [0.1, 0.15) is 11.8 Å². The van der Waals surface area contributed by atoms with Gasteiger partial charge in [-0.15, -0.1) is 0 Å². The number of hydrogen-bond acceptors (Lipinski definition) is 3. The lowest BCUT2D eigenvalue weighted by Crippen LogP contribution is -2.53. The van der Waals surface area contributed by atoms with Crippen molar-refractivity contribution in [2.45, 2.75) is 45.3 Å². The Morgan fingerprint density at radius 1 is 0.944 bits per heavy atom. The molecule has 0 aliphatic rings. The Labute approximate surface area is 227 Å². The Morgan fingerprint density at radius 2 is 1.64 bits per heavy atom. The van der Waals surface area contributed by atoms with Gasteiger partial charge in [-0.3, -0.25) is 9.59 Å². The molecule has 0 spiro atoms. The third kappa shape index (κ3) is 7.89. The van der Waals surface area contributed by atoms with E-state index in [4.69, 9.17) is 39.5 Å². The highest BCUT2D eigenvalue weighted by Gasteiger charge is 2.31. The Hall–Kier alpha value is -2.73. The summed E-state index contributed by atoms with van der Waals surface area (Å²) in [4.78, 5) is 28.6. The van der Waals surface area contributed by atoms with Gasteiger partial charge < -0.3 is 15.0 Å². The van der Waals surface area contributed by atoms with E-state index in [2.05, 4.69) is 5.32 Å². The monoisotopic (exact) mass is 546 g/mol. The second-order valence-corrected chi connectivity index (χ2v) is 9.75. The quantitative estimate of drug-likeness (QED) is 0.295. The first kappa shape index (κ1) is 27.9. The van der Waals surface area contributed by atoms with Gasteiger partial charge in [0.2, 0.25) is 5.91 Å². The van der Waals surface area contributed by atoms with Gasteiger partial charge in [-0.1, -0.05) is 90.3 Å². The van der Waals surface area contributed by atoms with Gasteiger partial charge in [0, 0.05) is 29.1 Å². The minimum atomic E-state index is -0.783. The fourth-order valence-electron chi connectivity index (χ4n) is 3.62. The molecule has 0 aliphatic heterocycles. The summed E-state index contributed by atoms with van der Waals surface area (Å²) in [6.07, 6.45) is 1.10. The number of halogens is 3. The molecule has 5 nitrogen and oxygen atoms in total. The Morgan fingerprint density at radius 3 is 2.31 bits per heavy atom. The van der Waals surface area contributed by atoms with Gasteiger partial charge in [0.25, 0.3) is 5.91 Å². The first-order valence-corrected chi connectivity index (χ1v) is 12.9. The predicted molar refractivity (Wildman–Crippen MR) is 146 cm³/mol. The number of carbonyl (C=O) groups excluding carboxylic acids is 2. The molecule has 0 bridgehead atoms. The Bertz CT molecular complexity index is 1170. The zero-order chi connectivity index (χ0) is 26.1. The summed E-state index contributed by atoms with van der Waals surface area (Å²) in [6, 6.07) is 20.8. The lowest BCUT2D eigenvalue weighted by molar-refractivity contribution is -0.143. The van der Waals surface area contributed by atoms with Crippen LogP contribution >= 0.6 is 34.8 Å². The van der Waals surface area contributed by atoms with E-state index in [0.717, 1.165) is 17.5 Å². The molecule has 3 aromatic carbocycles. The van der Waals surface area contributed by atoms with Crippen LogP contribution < -0.4 is 10.1 Å². The third-order valence-corrected chi connectivity index (χ3v) is 6.71. The van der Waals surface area contributed by atoms with Crippen LogP contribution in [0.2, 0.25) is 15.1 Å². The number of amides is 2. The average molecular weight is 548 g/mol. The maximum atomic E-state index is 13.6. The topological polar surface area (TPSA) is 58.6 Å². The highest BCUT2D eigenvalue weighted by molar-refractivity contribution is 6.35. The lowest BCUT2D eigenvalue weighted by Gasteiger charge is -2.32. The second kappa shape index (κ2) is 13.5. The summed E-state index contributed by atoms with van der Waals surface area (Å²) in [5.74, 6) is -0.282. The van der Waals surface area contributed by atoms with Gasteiger partial charge in [0.05, 0.1) is 5.02 Å². The standard InChI is InChI=1S/C28H29Cl3N2O3/c1-3-19(2)32-28(35)25(15-20-9-5-4-6-10-20)33(17-21-11-7-8-12-23(21)30)27(34)18-36-26-14-13-22(29)16-24(26)31/h4-14,16,19,25H,3,15,17-18H2,1-2H3,(H,32,35)/t19-,25-/m0/s1. The van der Waals surface area contributed by atoms with Gasteiger partial charge >= 0.3 is 0 Å². The summed E-state index contributed by atoms with van der Waals surface area (Å²) in [6.45, 7) is 3.76. The molecule has 3 aromatic rings. The van der Waals surface area contributed by atoms with Crippen molar-refractivity contribution >= 4 is 46.6 Å². The Balaban J connectivity index is 1.93. The summed E-state index contributed by atoms with van der Waals surface area (Å²) in [7, 11) is 0. The lowest BCUT2D eigenvalue weighted by atomic mass is 10.0.